The van der Waals surface area contributed by atoms with Gasteiger partial charge in [-0.3, -0.25) is 4.79 Å². The average Bonchev–Trinajstić information content (AvgIpc) is 2.29. The lowest BCUT2D eigenvalue weighted by molar-refractivity contribution is -0.134. The van der Waals surface area contributed by atoms with Gasteiger partial charge in [0, 0.05) is 24.6 Å². The van der Waals surface area contributed by atoms with Crippen LogP contribution in [0.25, 0.3) is 0 Å². The molecule has 0 aliphatic heterocycles. The van der Waals surface area contributed by atoms with E-state index >= 15 is 0 Å². The van der Waals surface area contributed by atoms with Gasteiger partial charge in [0.25, 0.3) is 0 Å². The van der Waals surface area contributed by atoms with Gasteiger partial charge in [0.15, 0.2) is 0 Å². The Kier molecular flexibility index (Phi) is 6.05. The lowest BCUT2D eigenvalue weighted by Gasteiger charge is -2.10. The fourth-order valence-corrected chi connectivity index (χ4v) is 1.49. The number of hydrogen-bond donors (Lipinski definition) is 0. The van der Waals surface area contributed by atoms with Crippen LogP contribution in [0.4, 0.5) is 0 Å². The Morgan fingerprint density at radius 3 is 1.89 bits per heavy atom. The number of hydrogen-bond acceptors (Lipinski definition) is 4. The first kappa shape index (κ1) is 14.4. The van der Waals surface area contributed by atoms with E-state index in [9.17, 15) is 4.79 Å². The Balaban J connectivity index is 2.84. The molecule has 0 fully saturated rings. The first-order valence-electron chi connectivity index (χ1n) is 6.30. The highest BCUT2D eigenvalue weighted by molar-refractivity contribution is 5.72. The average molecular weight is 252 g/mol. The van der Waals surface area contributed by atoms with Crippen molar-refractivity contribution >= 4 is 5.97 Å². The Hall–Kier alpha value is -1.71. The predicted octanol–water partition coefficient (Wildman–Crippen LogP) is 3.19. The molecular formula is C14H20O4. The molecule has 1 rings (SSSR count). The number of carbonyl (C=O) groups excluding carboxylic acids is 1. The Morgan fingerprint density at radius 1 is 0.944 bits per heavy atom. The van der Waals surface area contributed by atoms with E-state index in [1.54, 1.807) is 18.2 Å². The maximum absolute atomic E-state index is 11.4. The van der Waals surface area contributed by atoms with Gasteiger partial charge in [-0.05, 0) is 20.3 Å². The topological polar surface area (TPSA) is 44.8 Å². The van der Waals surface area contributed by atoms with Crippen LogP contribution >= 0.6 is 0 Å². The quantitative estimate of drug-likeness (QED) is 0.552. The van der Waals surface area contributed by atoms with E-state index in [4.69, 9.17) is 14.2 Å². The molecule has 4 nitrogen and oxygen atoms in total. The van der Waals surface area contributed by atoms with E-state index in [0.29, 0.717) is 36.9 Å². The summed E-state index contributed by atoms with van der Waals surface area (Å²) in [7, 11) is 0. The molecule has 0 radical (unpaired) electrons. The van der Waals surface area contributed by atoms with Crippen LogP contribution in [-0.2, 0) is 4.79 Å². The summed E-state index contributed by atoms with van der Waals surface area (Å²) < 4.78 is 16.0. The number of benzene rings is 1. The molecule has 0 aromatic heterocycles. The number of ether oxygens (including phenoxy) is 3. The molecule has 0 aliphatic rings. The molecule has 0 saturated heterocycles. The van der Waals surface area contributed by atoms with E-state index in [-0.39, 0.29) is 5.97 Å². The summed E-state index contributed by atoms with van der Waals surface area (Å²) in [5, 5.41) is 0. The Bertz CT molecular complexity index is 363. The summed E-state index contributed by atoms with van der Waals surface area (Å²) in [4.78, 5) is 11.4. The first-order chi connectivity index (χ1) is 8.69. The SMILES string of the molecule is CCCC(=O)Oc1cc(OCC)cc(OCC)c1. The molecule has 0 aliphatic carbocycles. The van der Waals surface area contributed by atoms with Crippen molar-refractivity contribution < 1.29 is 19.0 Å². The second kappa shape index (κ2) is 7.58. The monoisotopic (exact) mass is 252 g/mol. The van der Waals surface area contributed by atoms with Crippen LogP contribution in [0.3, 0.4) is 0 Å². The lowest BCUT2D eigenvalue weighted by atomic mass is 10.3. The fraction of sp³-hybridized carbons (Fsp3) is 0.500. The molecule has 0 saturated carbocycles. The van der Waals surface area contributed by atoms with Crippen molar-refractivity contribution in [3.05, 3.63) is 18.2 Å². The third-order valence-electron chi connectivity index (χ3n) is 2.16. The molecule has 0 atom stereocenters. The molecule has 4 heteroatoms. The van der Waals surface area contributed by atoms with Gasteiger partial charge in [-0.1, -0.05) is 6.92 Å². The minimum atomic E-state index is -0.242. The van der Waals surface area contributed by atoms with Gasteiger partial charge >= 0.3 is 5.97 Å². The fourth-order valence-electron chi connectivity index (χ4n) is 1.49. The second-order valence-corrected chi connectivity index (χ2v) is 3.73. The molecule has 1 aromatic carbocycles. The van der Waals surface area contributed by atoms with Gasteiger partial charge in [-0.25, -0.2) is 0 Å². The minimum Gasteiger partial charge on any atom is -0.494 e. The van der Waals surface area contributed by atoms with E-state index in [0.717, 1.165) is 6.42 Å². The second-order valence-electron chi connectivity index (χ2n) is 3.73. The molecular weight excluding hydrogens is 232 g/mol. The van der Waals surface area contributed by atoms with E-state index in [1.807, 2.05) is 20.8 Å². The van der Waals surface area contributed by atoms with Crippen molar-refractivity contribution in [2.24, 2.45) is 0 Å². The zero-order valence-electron chi connectivity index (χ0n) is 11.2. The molecule has 0 amide bonds. The molecule has 18 heavy (non-hydrogen) atoms. The van der Waals surface area contributed by atoms with Gasteiger partial charge in [0.2, 0.25) is 0 Å². The molecule has 0 N–H and O–H groups in total. The third kappa shape index (κ3) is 4.65. The van der Waals surface area contributed by atoms with Crippen LogP contribution in [-0.4, -0.2) is 19.2 Å². The largest absolute Gasteiger partial charge is 0.494 e. The minimum absolute atomic E-state index is 0.242. The van der Waals surface area contributed by atoms with Crippen LogP contribution in [0.5, 0.6) is 17.2 Å². The van der Waals surface area contributed by atoms with Crippen LogP contribution in [0.15, 0.2) is 18.2 Å². The van der Waals surface area contributed by atoms with Crippen LogP contribution in [0.1, 0.15) is 33.6 Å². The van der Waals surface area contributed by atoms with Crippen LogP contribution < -0.4 is 14.2 Å². The molecule has 100 valence electrons. The Labute approximate surface area is 108 Å². The van der Waals surface area contributed by atoms with Gasteiger partial charge in [0.1, 0.15) is 17.2 Å². The first-order valence-corrected chi connectivity index (χ1v) is 6.30. The zero-order valence-corrected chi connectivity index (χ0v) is 11.2. The lowest BCUT2D eigenvalue weighted by Crippen LogP contribution is -2.07. The van der Waals surface area contributed by atoms with E-state index in [1.165, 1.54) is 0 Å². The van der Waals surface area contributed by atoms with Crippen molar-refractivity contribution in [2.45, 2.75) is 33.6 Å². The van der Waals surface area contributed by atoms with Crippen molar-refractivity contribution in [2.75, 3.05) is 13.2 Å². The zero-order chi connectivity index (χ0) is 13.4. The maximum atomic E-state index is 11.4. The highest BCUT2D eigenvalue weighted by Gasteiger charge is 2.08. The van der Waals surface area contributed by atoms with Crippen LogP contribution in [0.2, 0.25) is 0 Å². The highest BCUT2D eigenvalue weighted by Crippen LogP contribution is 2.28. The summed E-state index contributed by atoms with van der Waals surface area (Å²) in [5.41, 5.74) is 0. The van der Waals surface area contributed by atoms with Crippen LogP contribution in [0, 0.1) is 0 Å². The van der Waals surface area contributed by atoms with Gasteiger partial charge in [-0.2, -0.15) is 0 Å². The number of carbonyl (C=O) groups is 1. The standard InChI is InChI=1S/C14H20O4/c1-4-7-14(15)18-13-9-11(16-5-2)8-12(10-13)17-6-3/h8-10H,4-7H2,1-3H3. The molecule has 1 aromatic rings. The third-order valence-corrected chi connectivity index (χ3v) is 2.16. The number of esters is 1. The van der Waals surface area contributed by atoms with Crippen molar-refractivity contribution in [1.29, 1.82) is 0 Å². The van der Waals surface area contributed by atoms with Gasteiger partial charge in [0.05, 0.1) is 13.2 Å². The summed E-state index contributed by atoms with van der Waals surface area (Å²) >= 11 is 0. The maximum Gasteiger partial charge on any atom is 0.311 e. The van der Waals surface area contributed by atoms with Crippen molar-refractivity contribution in [3.8, 4) is 17.2 Å². The summed E-state index contributed by atoms with van der Waals surface area (Å²) in [6.45, 7) is 6.84. The van der Waals surface area contributed by atoms with E-state index in [2.05, 4.69) is 0 Å². The molecule has 0 unspecified atom stereocenters. The smallest absolute Gasteiger partial charge is 0.311 e. The summed E-state index contributed by atoms with van der Waals surface area (Å²) in [5.74, 6) is 1.50. The van der Waals surface area contributed by atoms with Crippen molar-refractivity contribution in [3.63, 3.8) is 0 Å². The molecule has 0 spiro atoms. The normalized spacial score (nSPS) is 9.94. The summed E-state index contributed by atoms with van der Waals surface area (Å²) in [6.07, 6.45) is 1.17. The molecule has 0 heterocycles. The van der Waals surface area contributed by atoms with Gasteiger partial charge < -0.3 is 14.2 Å². The van der Waals surface area contributed by atoms with E-state index < -0.39 is 0 Å². The Morgan fingerprint density at radius 2 is 1.44 bits per heavy atom. The predicted molar refractivity (Wildman–Crippen MR) is 69.3 cm³/mol. The van der Waals surface area contributed by atoms with Gasteiger partial charge in [-0.15, -0.1) is 0 Å². The highest BCUT2D eigenvalue weighted by atomic mass is 16.5. The summed E-state index contributed by atoms with van der Waals surface area (Å²) in [6, 6.07) is 5.17. The van der Waals surface area contributed by atoms with Crippen molar-refractivity contribution in [1.82, 2.24) is 0 Å². The molecule has 0 bridgehead atoms. The number of rotatable bonds is 7.